The molecule has 1 amide bonds. The van der Waals surface area contributed by atoms with Crippen molar-refractivity contribution in [3.8, 4) is 0 Å². The number of amides is 1. The molecule has 1 saturated carbocycles. The summed E-state index contributed by atoms with van der Waals surface area (Å²) in [7, 11) is 0. The van der Waals surface area contributed by atoms with E-state index in [0.29, 0.717) is 17.1 Å². The minimum Gasteiger partial charge on any atom is -0.317 e. The molecule has 2 aromatic rings. The number of carbonyl (C=O) groups excluding carboxylic acids is 1. The van der Waals surface area contributed by atoms with E-state index in [9.17, 15) is 9.18 Å². The monoisotopic (exact) mass is 395 g/mol. The number of benzene rings is 1. The van der Waals surface area contributed by atoms with Crippen molar-refractivity contribution in [3.63, 3.8) is 0 Å². The zero-order valence-electron chi connectivity index (χ0n) is 14.7. The van der Waals surface area contributed by atoms with Crippen LogP contribution in [0.5, 0.6) is 0 Å². The van der Waals surface area contributed by atoms with Gasteiger partial charge in [0.1, 0.15) is 5.82 Å². The van der Waals surface area contributed by atoms with Crippen molar-refractivity contribution in [2.45, 2.75) is 32.6 Å². The first-order valence-corrected chi connectivity index (χ1v) is 9.59. The lowest BCUT2D eigenvalue weighted by Crippen LogP contribution is -2.31. The van der Waals surface area contributed by atoms with Gasteiger partial charge in [0, 0.05) is 23.4 Å². The summed E-state index contributed by atoms with van der Waals surface area (Å²) in [5.41, 5.74) is 1.80. The molecule has 0 bridgehead atoms. The van der Waals surface area contributed by atoms with E-state index in [0.717, 1.165) is 42.8 Å². The molecule has 2 fully saturated rings. The molecule has 1 spiro atoms. The molecule has 2 aliphatic rings. The summed E-state index contributed by atoms with van der Waals surface area (Å²) < 4.78 is 13.7. The fraction of sp³-hybridized carbons (Fsp3) is 0.474. The van der Waals surface area contributed by atoms with Gasteiger partial charge in [0.2, 0.25) is 5.91 Å². The first kappa shape index (κ1) is 19.3. The van der Waals surface area contributed by atoms with E-state index in [1.807, 2.05) is 6.07 Å². The van der Waals surface area contributed by atoms with Crippen LogP contribution in [0.3, 0.4) is 0 Å². The van der Waals surface area contributed by atoms with E-state index < -0.39 is 0 Å². The smallest absolute Gasteiger partial charge is 0.229 e. The second-order valence-corrected chi connectivity index (χ2v) is 8.37. The number of nitrogens with zero attached hydrogens (tertiary/aromatic N) is 1. The molecule has 4 rings (SSSR count). The Bertz CT molecular complexity index is 804. The van der Waals surface area contributed by atoms with Crippen LogP contribution in [-0.2, 0) is 11.2 Å². The lowest BCUT2D eigenvalue weighted by atomic mass is 9.92. The van der Waals surface area contributed by atoms with Crippen molar-refractivity contribution in [1.82, 2.24) is 10.3 Å². The summed E-state index contributed by atoms with van der Waals surface area (Å²) in [6.45, 7) is 3.78. The molecular weight excluding hydrogens is 373 g/mol. The highest BCUT2D eigenvalue weighted by atomic mass is 35.5. The molecule has 140 valence electrons. The van der Waals surface area contributed by atoms with Gasteiger partial charge >= 0.3 is 0 Å². The van der Waals surface area contributed by atoms with Crippen LogP contribution in [0.25, 0.3) is 0 Å². The standard InChI is InChI=1S/C19H22FN3OS.ClH/c1-12-2-3-13(9-16(12)20)8-14-11-22-18(25-14)23-17(24)15-10-19(15)4-6-21-7-5-19;/h2-3,9,11,15,21H,4-8,10H2,1H3,(H,22,23,24);1H. The van der Waals surface area contributed by atoms with Crippen LogP contribution in [0.4, 0.5) is 9.52 Å². The molecule has 2 heterocycles. The van der Waals surface area contributed by atoms with Gasteiger partial charge in [-0.15, -0.1) is 23.7 Å². The zero-order chi connectivity index (χ0) is 17.4. The van der Waals surface area contributed by atoms with Crippen molar-refractivity contribution in [3.05, 3.63) is 46.2 Å². The summed E-state index contributed by atoms with van der Waals surface area (Å²) in [6.07, 6.45) is 5.58. The Hall–Kier alpha value is -1.50. The van der Waals surface area contributed by atoms with Gasteiger partial charge < -0.3 is 10.6 Å². The number of hydrogen-bond donors (Lipinski definition) is 2. The van der Waals surface area contributed by atoms with Gasteiger partial charge in [-0.25, -0.2) is 9.37 Å². The Labute approximate surface area is 163 Å². The van der Waals surface area contributed by atoms with E-state index in [4.69, 9.17) is 0 Å². The third kappa shape index (κ3) is 3.92. The minimum absolute atomic E-state index is 0. The number of nitrogens with one attached hydrogen (secondary N) is 2. The quantitative estimate of drug-likeness (QED) is 0.824. The summed E-state index contributed by atoms with van der Waals surface area (Å²) in [4.78, 5) is 17.8. The highest BCUT2D eigenvalue weighted by Gasteiger charge is 2.57. The van der Waals surface area contributed by atoms with Gasteiger partial charge in [-0.05, 0) is 61.9 Å². The molecule has 1 aromatic carbocycles. The lowest BCUT2D eigenvalue weighted by Gasteiger charge is -2.22. The van der Waals surface area contributed by atoms with E-state index >= 15 is 0 Å². The van der Waals surface area contributed by atoms with Crippen molar-refractivity contribution in [1.29, 1.82) is 0 Å². The molecule has 1 atom stereocenters. The van der Waals surface area contributed by atoms with Gasteiger partial charge in [-0.2, -0.15) is 0 Å². The maximum atomic E-state index is 13.7. The summed E-state index contributed by atoms with van der Waals surface area (Å²) in [5, 5.41) is 6.97. The number of aromatic nitrogens is 1. The van der Waals surface area contributed by atoms with Gasteiger partial charge in [0.25, 0.3) is 0 Å². The number of carbonyl (C=O) groups is 1. The number of rotatable bonds is 4. The Kier molecular flexibility index (Phi) is 5.65. The first-order valence-electron chi connectivity index (χ1n) is 8.77. The molecule has 0 radical (unpaired) electrons. The van der Waals surface area contributed by atoms with Crippen LogP contribution < -0.4 is 10.6 Å². The van der Waals surface area contributed by atoms with Crippen LogP contribution in [0, 0.1) is 24.1 Å². The molecule has 1 saturated heterocycles. The number of halogens is 2. The normalized spacial score (nSPS) is 20.5. The molecule has 2 N–H and O–H groups in total. The summed E-state index contributed by atoms with van der Waals surface area (Å²) >= 11 is 1.47. The SMILES string of the molecule is Cc1ccc(Cc2cnc(NC(=O)C3CC34CCNCC4)s2)cc1F.Cl. The average Bonchev–Trinajstić information content (AvgIpc) is 3.10. The first-order chi connectivity index (χ1) is 12.1. The number of thiazole rings is 1. The summed E-state index contributed by atoms with van der Waals surface area (Å²) in [6, 6.07) is 5.29. The van der Waals surface area contributed by atoms with Gasteiger partial charge in [0.15, 0.2) is 5.13 Å². The maximum Gasteiger partial charge on any atom is 0.229 e. The highest BCUT2D eigenvalue weighted by molar-refractivity contribution is 7.15. The van der Waals surface area contributed by atoms with Crippen LogP contribution in [-0.4, -0.2) is 24.0 Å². The van der Waals surface area contributed by atoms with Crippen LogP contribution in [0.1, 0.15) is 35.3 Å². The molecular formula is C19H23ClFN3OS. The minimum atomic E-state index is -0.184. The number of anilines is 1. The zero-order valence-corrected chi connectivity index (χ0v) is 16.3. The van der Waals surface area contributed by atoms with Crippen molar-refractivity contribution >= 4 is 34.8 Å². The second kappa shape index (κ2) is 7.62. The number of aryl methyl sites for hydroxylation is 1. The van der Waals surface area contributed by atoms with Gasteiger partial charge in [-0.3, -0.25) is 4.79 Å². The predicted octanol–water partition coefficient (Wildman–Crippen LogP) is 3.93. The Balaban J connectivity index is 0.00000196. The summed E-state index contributed by atoms with van der Waals surface area (Å²) in [5.74, 6) is 0.0499. The molecule has 26 heavy (non-hydrogen) atoms. The third-order valence-corrected chi connectivity index (χ3v) is 6.42. The predicted molar refractivity (Wildman–Crippen MR) is 105 cm³/mol. The number of hydrogen-bond acceptors (Lipinski definition) is 4. The topological polar surface area (TPSA) is 54.0 Å². The maximum absolute atomic E-state index is 13.7. The molecule has 1 unspecified atom stereocenters. The van der Waals surface area contributed by atoms with Gasteiger partial charge in [0.05, 0.1) is 0 Å². The average molecular weight is 396 g/mol. The molecule has 4 nitrogen and oxygen atoms in total. The van der Waals surface area contributed by atoms with Gasteiger partial charge in [-0.1, -0.05) is 12.1 Å². The molecule has 1 aromatic heterocycles. The van der Waals surface area contributed by atoms with E-state index in [1.54, 1.807) is 25.3 Å². The Morgan fingerprint density at radius 1 is 1.42 bits per heavy atom. The lowest BCUT2D eigenvalue weighted by molar-refractivity contribution is -0.118. The van der Waals surface area contributed by atoms with Crippen molar-refractivity contribution in [2.75, 3.05) is 18.4 Å². The third-order valence-electron chi connectivity index (χ3n) is 5.50. The Morgan fingerprint density at radius 3 is 2.92 bits per heavy atom. The fourth-order valence-corrected chi connectivity index (χ4v) is 4.63. The van der Waals surface area contributed by atoms with Crippen LogP contribution in [0.2, 0.25) is 0 Å². The van der Waals surface area contributed by atoms with Crippen LogP contribution >= 0.6 is 23.7 Å². The Morgan fingerprint density at radius 2 is 2.19 bits per heavy atom. The largest absolute Gasteiger partial charge is 0.317 e. The fourth-order valence-electron chi connectivity index (χ4n) is 3.78. The van der Waals surface area contributed by atoms with Crippen LogP contribution in [0.15, 0.2) is 24.4 Å². The molecule has 7 heteroatoms. The second-order valence-electron chi connectivity index (χ2n) is 7.25. The van der Waals surface area contributed by atoms with E-state index in [1.165, 1.54) is 11.3 Å². The van der Waals surface area contributed by atoms with E-state index in [-0.39, 0.29) is 35.5 Å². The molecule has 1 aliphatic carbocycles. The van der Waals surface area contributed by atoms with Crippen molar-refractivity contribution < 1.29 is 9.18 Å². The highest BCUT2D eigenvalue weighted by Crippen LogP contribution is 2.58. The molecule has 1 aliphatic heterocycles. The van der Waals surface area contributed by atoms with Crippen molar-refractivity contribution in [2.24, 2.45) is 11.3 Å². The number of piperidine rings is 1. The van der Waals surface area contributed by atoms with E-state index in [2.05, 4.69) is 15.6 Å².